The molecule has 0 spiro atoms. The number of hydrogen-bond acceptors (Lipinski definition) is 6. The topological polar surface area (TPSA) is 91.8 Å². The van der Waals surface area contributed by atoms with Crippen LogP contribution in [0, 0.1) is 5.92 Å². The Labute approximate surface area is 216 Å². The van der Waals surface area contributed by atoms with Crippen molar-refractivity contribution in [2.45, 2.75) is 74.2 Å². The molecule has 2 N–H and O–H groups in total. The fraction of sp³-hybridized carbons (Fsp3) is 0.542. The van der Waals surface area contributed by atoms with Gasteiger partial charge in [-0.3, -0.25) is 10.1 Å². The molecule has 1 fully saturated rings. The summed E-state index contributed by atoms with van der Waals surface area (Å²) in [7, 11) is 0. The molecule has 1 aromatic heterocycles. The SMILES string of the molecule is CC(C)(Sc1cnc(NC(=O)N(CCc2ccc(OC(F)(F)F)cc2)[C@H]2CC[C@H](C)CC2)s1)C(=O)O. The summed E-state index contributed by atoms with van der Waals surface area (Å²) in [6.07, 6.45) is 1.05. The van der Waals surface area contributed by atoms with Crippen molar-refractivity contribution in [3.05, 3.63) is 36.0 Å². The third-order valence-electron chi connectivity index (χ3n) is 6.05. The molecule has 1 heterocycles. The van der Waals surface area contributed by atoms with Gasteiger partial charge in [-0.05, 0) is 69.6 Å². The van der Waals surface area contributed by atoms with Crippen LogP contribution in [0.3, 0.4) is 0 Å². The van der Waals surface area contributed by atoms with E-state index in [1.54, 1.807) is 37.1 Å². The number of thioether (sulfide) groups is 1. The van der Waals surface area contributed by atoms with Gasteiger partial charge >= 0.3 is 18.4 Å². The van der Waals surface area contributed by atoms with Crippen LogP contribution in [0.15, 0.2) is 34.7 Å². The molecule has 3 rings (SSSR count). The number of amides is 2. The maximum atomic E-state index is 13.3. The van der Waals surface area contributed by atoms with E-state index in [-0.39, 0.29) is 17.8 Å². The summed E-state index contributed by atoms with van der Waals surface area (Å²) in [6, 6.07) is 5.42. The minimum atomic E-state index is -4.74. The number of carboxylic acids is 1. The summed E-state index contributed by atoms with van der Waals surface area (Å²) in [5.41, 5.74) is 0.787. The monoisotopic (exact) mass is 545 g/mol. The number of rotatable bonds is 9. The molecule has 0 saturated heterocycles. The Morgan fingerprint density at radius 3 is 2.42 bits per heavy atom. The molecule has 198 valence electrons. The minimum Gasteiger partial charge on any atom is -0.480 e. The lowest BCUT2D eigenvalue weighted by molar-refractivity contribution is -0.274. The molecule has 1 aliphatic rings. The fourth-order valence-corrected chi connectivity index (χ4v) is 6.20. The molecule has 2 aromatic rings. The minimum absolute atomic E-state index is 0.0498. The number of aliphatic carboxylic acids is 1. The number of nitrogens with zero attached hydrogens (tertiary/aromatic N) is 2. The van der Waals surface area contributed by atoms with E-state index in [4.69, 9.17) is 0 Å². The van der Waals surface area contributed by atoms with Crippen molar-refractivity contribution >= 4 is 40.2 Å². The predicted octanol–water partition coefficient (Wildman–Crippen LogP) is 6.65. The van der Waals surface area contributed by atoms with Crippen LogP contribution in [-0.4, -0.2) is 50.7 Å². The zero-order chi connectivity index (χ0) is 26.5. The van der Waals surface area contributed by atoms with Gasteiger partial charge in [-0.25, -0.2) is 9.78 Å². The van der Waals surface area contributed by atoms with E-state index >= 15 is 0 Å². The molecule has 0 aliphatic heterocycles. The van der Waals surface area contributed by atoms with Gasteiger partial charge in [0, 0.05) is 12.6 Å². The van der Waals surface area contributed by atoms with E-state index in [1.165, 1.54) is 23.5 Å². The molecule has 1 saturated carbocycles. The normalized spacial score (nSPS) is 18.5. The lowest BCUT2D eigenvalue weighted by Gasteiger charge is -2.36. The van der Waals surface area contributed by atoms with E-state index in [9.17, 15) is 27.9 Å². The molecular formula is C24H30F3N3O4S2. The van der Waals surface area contributed by atoms with E-state index in [1.807, 2.05) is 0 Å². The first-order valence-corrected chi connectivity index (χ1v) is 13.3. The van der Waals surface area contributed by atoms with Gasteiger partial charge in [0.2, 0.25) is 0 Å². The van der Waals surface area contributed by atoms with Crippen molar-refractivity contribution in [1.29, 1.82) is 0 Å². The number of carboxylic acid groups (broad SMARTS) is 1. The van der Waals surface area contributed by atoms with Gasteiger partial charge in [0.05, 0.1) is 10.4 Å². The number of aromatic nitrogens is 1. The number of halogens is 3. The highest BCUT2D eigenvalue weighted by atomic mass is 32.2. The van der Waals surface area contributed by atoms with Crippen molar-refractivity contribution in [1.82, 2.24) is 9.88 Å². The second-order valence-corrected chi connectivity index (χ2v) is 12.3. The van der Waals surface area contributed by atoms with Crippen LogP contribution >= 0.6 is 23.1 Å². The first-order chi connectivity index (χ1) is 16.8. The van der Waals surface area contributed by atoms with Crippen LogP contribution in [0.2, 0.25) is 0 Å². The lowest BCUT2D eigenvalue weighted by Crippen LogP contribution is -2.45. The van der Waals surface area contributed by atoms with Gasteiger partial charge in [-0.1, -0.05) is 42.2 Å². The van der Waals surface area contributed by atoms with E-state index < -0.39 is 17.1 Å². The van der Waals surface area contributed by atoms with Crippen molar-refractivity contribution < 1.29 is 32.6 Å². The molecule has 12 heteroatoms. The van der Waals surface area contributed by atoms with Crippen molar-refractivity contribution in [2.24, 2.45) is 5.92 Å². The van der Waals surface area contributed by atoms with Crippen molar-refractivity contribution in [3.63, 3.8) is 0 Å². The van der Waals surface area contributed by atoms with Gasteiger partial charge in [0.25, 0.3) is 0 Å². The Bertz CT molecular complexity index is 1040. The Morgan fingerprint density at radius 2 is 1.83 bits per heavy atom. The molecule has 0 atom stereocenters. The average molecular weight is 546 g/mol. The maximum absolute atomic E-state index is 13.3. The molecule has 0 unspecified atom stereocenters. The Morgan fingerprint density at radius 1 is 1.19 bits per heavy atom. The van der Waals surface area contributed by atoms with E-state index in [0.29, 0.717) is 28.2 Å². The van der Waals surface area contributed by atoms with Crippen LogP contribution in [-0.2, 0) is 11.2 Å². The molecule has 36 heavy (non-hydrogen) atoms. The molecule has 1 aromatic carbocycles. The number of benzene rings is 1. The van der Waals surface area contributed by atoms with Crippen molar-refractivity contribution in [2.75, 3.05) is 11.9 Å². The highest BCUT2D eigenvalue weighted by Gasteiger charge is 2.32. The number of nitrogens with one attached hydrogen (secondary N) is 1. The van der Waals surface area contributed by atoms with Crippen LogP contribution in [0.5, 0.6) is 5.75 Å². The number of carbonyl (C=O) groups is 2. The molecule has 7 nitrogen and oxygen atoms in total. The second-order valence-electron chi connectivity index (χ2n) is 9.38. The number of ether oxygens (including phenoxy) is 1. The number of carbonyl (C=O) groups excluding carboxylic acids is 1. The third-order valence-corrected chi connectivity index (χ3v) is 8.25. The van der Waals surface area contributed by atoms with Gasteiger partial charge in [0.15, 0.2) is 5.13 Å². The molecule has 0 radical (unpaired) electrons. The van der Waals surface area contributed by atoms with E-state index in [0.717, 1.165) is 43.0 Å². The van der Waals surface area contributed by atoms with Gasteiger partial charge in [-0.2, -0.15) is 0 Å². The first kappa shape index (κ1) is 28.1. The summed E-state index contributed by atoms with van der Waals surface area (Å²) in [5, 5.41) is 12.6. The smallest absolute Gasteiger partial charge is 0.480 e. The van der Waals surface area contributed by atoms with Gasteiger partial charge in [-0.15, -0.1) is 13.2 Å². The fourth-order valence-electron chi connectivity index (χ4n) is 3.93. The van der Waals surface area contributed by atoms with Crippen LogP contribution in [0.4, 0.5) is 23.1 Å². The quantitative estimate of drug-likeness (QED) is 0.343. The van der Waals surface area contributed by atoms with E-state index in [2.05, 4.69) is 22.0 Å². The standard InChI is InChI=1S/C24H30F3N3O4S2/c1-15-4-8-17(9-5-15)30(13-12-16-6-10-18(11-7-16)34-24(25,26)27)22(33)29-21-28-14-19(35-21)36-23(2,3)20(31)32/h6-7,10-11,14-15,17H,4-5,8-9,12-13H2,1-3H3,(H,31,32)(H,28,29,33)/t15-,17-. The van der Waals surface area contributed by atoms with Crippen LogP contribution in [0.1, 0.15) is 52.0 Å². The summed E-state index contributed by atoms with van der Waals surface area (Å²) in [6.45, 7) is 5.79. The molecule has 1 aliphatic carbocycles. The summed E-state index contributed by atoms with van der Waals surface area (Å²) >= 11 is 2.38. The maximum Gasteiger partial charge on any atom is 0.573 e. The number of alkyl halides is 3. The predicted molar refractivity (Wildman–Crippen MR) is 134 cm³/mol. The average Bonchev–Trinajstić information content (AvgIpc) is 3.21. The van der Waals surface area contributed by atoms with Gasteiger partial charge < -0.3 is 14.7 Å². The summed E-state index contributed by atoms with van der Waals surface area (Å²) < 4.78 is 40.8. The molecule has 2 amide bonds. The van der Waals surface area contributed by atoms with Crippen LogP contribution in [0.25, 0.3) is 0 Å². The zero-order valence-corrected chi connectivity index (χ0v) is 21.9. The number of hydrogen-bond donors (Lipinski definition) is 2. The summed E-state index contributed by atoms with van der Waals surface area (Å²) in [5.74, 6) is -0.628. The summed E-state index contributed by atoms with van der Waals surface area (Å²) in [4.78, 5) is 30.7. The highest BCUT2D eigenvalue weighted by Crippen LogP contribution is 2.37. The Kier molecular flexibility index (Phi) is 9.15. The lowest BCUT2D eigenvalue weighted by atomic mass is 9.86. The third kappa shape index (κ3) is 8.29. The largest absolute Gasteiger partial charge is 0.573 e. The number of thiazole rings is 1. The van der Waals surface area contributed by atoms with Crippen molar-refractivity contribution in [3.8, 4) is 5.75 Å². The Balaban J connectivity index is 1.66. The second kappa shape index (κ2) is 11.7. The Hall–Kier alpha value is -2.47. The number of anilines is 1. The highest BCUT2D eigenvalue weighted by molar-refractivity contribution is 8.03. The first-order valence-electron chi connectivity index (χ1n) is 11.6. The zero-order valence-electron chi connectivity index (χ0n) is 20.3. The molecular weight excluding hydrogens is 515 g/mol. The van der Waals surface area contributed by atoms with Gasteiger partial charge in [0.1, 0.15) is 10.5 Å². The molecule has 0 bridgehead atoms. The van der Waals surface area contributed by atoms with Crippen LogP contribution < -0.4 is 10.1 Å². The number of urea groups is 1.